The molecular formula is C21H21N3O3S2. The lowest BCUT2D eigenvalue weighted by Gasteiger charge is -2.22. The molecule has 1 aromatic carbocycles. The number of hydrogen-bond donors (Lipinski definition) is 1. The van der Waals surface area contributed by atoms with Crippen LogP contribution in [0, 0.1) is 20.8 Å². The van der Waals surface area contributed by atoms with E-state index in [0.29, 0.717) is 28.1 Å². The van der Waals surface area contributed by atoms with Crippen LogP contribution in [-0.4, -0.2) is 39.4 Å². The maximum atomic E-state index is 13.0. The molecule has 4 rings (SSSR count). The van der Waals surface area contributed by atoms with E-state index in [1.54, 1.807) is 22.0 Å². The van der Waals surface area contributed by atoms with Gasteiger partial charge in [0.15, 0.2) is 10.8 Å². The van der Waals surface area contributed by atoms with Crippen molar-refractivity contribution in [3.05, 3.63) is 58.3 Å². The number of carbonyl (C=O) groups excluding carboxylic acids is 2. The summed E-state index contributed by atoms with van der Waals surface area (Å²) in [6.45, 7) is 5.90. The predicted octanol–water partition coefficient (Wildman–Crippen LogP) is 4.48. The van der Waals surface area contributed by atoms with E-state index in [-0.39, 0.29) is 11.8 Å². The molecule has 29 heavy (non-hydrogen) atoms. The number of furan rings is 1. The number of amides is 2. The molecule has 8 heteroatoms. The third-order valence-electron chi connectivity index (χ3n) is 4.89. The summed E-state index contributed by atoms with van der Waals surface area (Å²) in [6.07, 6.45) is 0. The molecule has 1 atom stereocenters. The van der Waals surface area contributed by atoms with Crippen molar-refractivity contribution in [1.29, 1.82) is 0 Å². The Bertz CT molecular complexity index is 1070. The van der Waals surface area contributed by atoms with E-state index in [1.807, 2.05) is 51.1 Å². The molecule has 1 fully saturated rings. The monoisotopic (exact) mass is 427 g/mol. The number of thiazole rings is 1. The van der Waals surface area contributed by atoms with Crippen LogP contribution in [0.3, 0.4) is 0 Å². The van der Waals surface area contributed by atoms with Gasteiger partial charge in [-0.3, -0.25) is 9.59 Å². The van der Waals surface area contributed by atoms with Crippen molar-refractivity contribution in [3.8, 4) is 10.8 Å². The second kappa shape index (κ2) is 8.04. The number of rotatable bonds is 4. The fraction of sp³-hybridized carbons (Fsp3) is 0.286. The number of anilines is 1. The van der Waals surface area contributed by atoms with Crippen molar-refractivity contribution in [2.45, 2.75) is 26.8 Å². The molecular weight excluding hydrogens is 406 g/mol. The minimum atomic E-state index is -0.523. The normalized spacial score (nSPS) is 16.2. The largest absolute Gasteiger partial charge is 0.459 e. The van der Waals surface area contributed by atoms with Gasteiger partial charge in [-0.2, -0.15) is 0 Å². The molecule has 0 saturated carbocycles. The number of benzene rings is 1. The summed E-state index contributed by atoms with van der Waals surface area (Å²) in [5.74, 6) is 2.06. The van der Waals surface area contributed by atoms with Crippen LogP contribution in [0.1, 0.15) is 27.4 Å². The highest BCUT2D eigenvalue weighted by Gasteiger charge is 2.36. The fourth-order valence-electron chi connectivity index (χ4n) is 3.09. The Hall–Kier alpha value is -2.58. The minimum absolute atomic E-state index is 0.177. The Morgan fingerprint density at radius 3 is 2.72 bits per heavy atom. The number of thioether (sulfide) groups is 1. The Kier molecular flexibility index (Phi) is 5.47. The first-order chi connectivity index (χ1) is 13.9. The van der Waals surface area contributed by atoms with Gasteiger partial charge in [0.2, 0.25) is 5.91 Å². The summed E-state index contributed by atoms with van der Waals surface area (Å²) in [4.78, 5) is 31.9. The number of carbonyl (C=O) groups is 2. The number of nitrogens with one attached hydrogen (secondary N) is 1. The molecule has 0 radical (unpaired) electrons. The lowest BCUT2D eigenvalue weighted by Crippen LogP contribution is -2.44. The number of hydrogen-bond acceptors (Lipinski definition) is 6. The average Bonchev–Trinajstić information content (AvgIpc) is 3.43. The van der Waals surface area contributed by atoms with Gasteiger partial charge < -0.3 is 14.6 Å². The average molecular weight is 428 g/mol. The van der Waals surface area contributed by atoms with Gasteiger partial charge in [0.1, 0.15) is 17.5 Å². The van der Waals surface area contributed by atoms with Crippen LogP contribution in [0.5, 0.6) is 0 Å². The van der Waals surface area contributed by atoms with Gasteiger partial charge in [0.05, 0.1) is 5.88 Å². The van der Waals surface area contributed by atoms with E-state index in [1.165, 1.54) is 16.9 Å². The Morgan fingerprint density at radius 1 is 1.17 bits per heavy atom. The summed E-state index contributed by atoms with van der Waals surface area (Å²) < 4.78 is 5.59. The molecule has 0 bridgehead atoms. The molecule has 150 valence electrons. The van der Waals surface area contributed by atoms with Crippen molar-refractivity contribution in [1.82, 2.24) is 9.88 Å². The smallest absolute Gasteiger partial charge is 0.274 e. The molecule has 0 unspecified atom stereocenters. The number of aromatic nitrogens is 1. The maximum absolute atomic E-state index is 13.0. The summed E-state index contributed by atoms with van der Waals surface area (Å²) in [6, 6.07) is 8.98. The minimum Gasteiger partial charge on any atom is -0.459 e. The first-order valence-electron chi connectivity index (χ1n) is 9.21. The van der Waals surface area contributed by atoms with Gasteiger partial charge in [-0.1, -0.05) is 6.07 Å². The van der Waals surface area contributed by atoms with Crippen molar-refractivity contribution < 1.29 is 14.0 Å². The molecule has 2 aromatic heterocycles. The van der Waals surface area contributed by atoms with Crippen LogP contribution >= 0.6 is 23.1 Å². The van der Waals surface area contributed by atoms with Gasteiger partial charge in [0, 0.05) is 16.8 Å². The fourth-order valence-corrected chi connectivity index (χ4v) is 4.99. The molecule has 3 aromatic rings. The van der Waals surface area contributed by atoms with Gasteiger partial charge in [-0.15, -0.1) is 23.1 Å². The maximum Gasteiger partial charge on any atom is 0.274 e. The van der Waals surface area contributed by atoms with E-state index < -0.39 is 6.04 Å². The topological polar surface area (TPSA) is 75.4 Å². The molecule has 2 amide bonds. The zero-order valence-corrected chi connectivity index (χ0v) is 18.0. The Morgan fingerprint density at radius 2 is 2.00 bits per heavy atom. The third kappa shape index (κ3) is 4.09. The summed E-state index contributed by atoms with van der Waals surface area (Å²) in [5, 5.41) is 5.32. The van der Waals surface area contributed by atoms with Crippen LogP contribution < -0.4 is 5.32 Å². The Balaban J connectivity index is 1.49. The van der Waals surface area contributed by atoms with E-state index in [9.17, 15) is 9.59 Å². The lowest BCUT2D eigenvalue weighted by atomic mass is 10.1. The van der Waals surface area contributed by atoms with Gasteiger partial charge in [0.25, 0.3) is 5.91 Å². The highest BCUT2D eigenvalue weighted by molar-refractivity contribution is 7.99. The van der Waals surface area contributed by atoms with E-state index in [0.717, 1.165) is 17.0 Å². The van der Waals surface area contributed by atoms with E-state index in [2.05, 4.69) is 10.3 Å². The zero-order valence-electron chi connectivity index (χ0n) is 16.4. The Labute approximate surface area is 177 Å². The summed E-state index contributed by atoms with van der Waals surface area (Å²) >= 11 is 2.92. The van der Waals surface area contributed by atoms with Gasteiger partial charge in [-0.05, 0) is 56.2 Å². The highest BCUT2D eigenvalue weighted by atomic mass is 32.2. The second-order valence-electron chi connectivity index (χ2n) is 7.03. The molecule has 1 saturated heterocycles. The third-order valence-corrected chi connectivity index (χ3v) is 6.76. The van der Waals surface area contributed by atoms with Crippen molar-refractivity contribution >= 4 is 40.6 Å². The van der Waals surface area contributed by atoms with Crippen LogP contribution in [0.25, 0.3) is 10.8 Å². The van der Waals surface area contributed by atoms with Crippen molar-refractivity contribution in [2.75, 3.05) is 16.9 Å². The molecule has 1 aliphatic heterocycles. The van der Waals surface area contributed by atoms with Crippen molar-refractivity contribution in [2.24, 2.45) is 0 Å². The summed E-state index contributed by atoms with van der Waals surface area (Å²) in [5.41, 5.74) is 3.36. The first kappa shape index (κ1) is 19.7. The van der Waals surface area contributed by atoms with E-state index >= 15 is 0 Å². The molecule has 3 heterocycles. The standard InChI is InChI=1S/C21H21N3O3S2/c1-12-4-6-15(8-13(12)2)22-19(25)17-10-28-11-24(17)21(26)16-9-29-20(23-16)18-7-5-14(3)27-18/h4-9,17H,10-11H2,1-3H3,(H,22,25)/t17-/m1/s1. The second-order valence-corrected chi connectivity index (χ2v) is 8.88. The molecule has 0 spiro atoms. The lowest BCUT2D eigenvalue weighted by molar-refractivity contribution is -0.119. The van der Waals surface area contributed by atoms with Crippen LogP contribution in [0.15, 0.2) is 40.1 Å². The number of nitrogens with zero attached hydrogens (tertiary/aromatic N) is 2. The first-order valence-corrected chi connectivity index (χ1v) is 11.2. The SMILES string of the molecule is Cc1ccc(-c2nc(C(=O)N3CSC[C@@H]3C(=O)Nc3ccc(C)c(C)c3)cs2)o1. The van der Waals surface area contributed by atoms with Crippen LogP contribution in [-0.2, 0) is 4.79 Å². The van der Waals surface area contributed by atoms with Crippen LogP contribution in [0.4, 0.5) is 5.69 Å². The van der Waals surface area contributed by atoms with Gasteiger partial charge in [-0.25, -0.2) is 4.98 Å². The molecule has 6 nitrogen and oxygen atoms in total. The molecule has 1 N–H and O–H groups in total. The number of aryl methyl sites for hydroxylation is 3. The highest BCUT2D eigenvalue weighted by Crippen LogP contribution is 2.29. The molecule has 1 aliphatic rings. The van der Waals surface area contributed by atoms with Crippen LogP contribution in [0.2, 0.25) is 0 Å². The predicted molar refractivity (Wildman–Crippen MR) is 116 cm³/mol. The quantitative estimate of drug-likeness (QED) is 0.664. The zero-order chi connectivity index (χ0) is 20.5. The molecule has 0 aliphatic carbocycles. The summed E-state index contributed by atoms with van der Waals surface area (Å²) in [7, 11) is 0. The van der Waals surface area contributed by atoms with E-state index in [4.69, 9.17) is 4.42 Å². The van der Waals surface area contributed by atoms with Crippen molar-refractivity contribution in [3.63, 3.8) is 0 Å². The van der Waals surface area contributed by atoms with Gasteiger partial charge >= 0.3 is 0 Å².